The second-order valence-electron chi connectivity index (χ2n) is 6.99. The zero-order valence-corrected chi connectivity index (χ0v) is 13.0. The number of hydrogen-bond acceptors (Lipinski definition) is 3. The van der Waals surface area contributed by atoms with E-state index in [1.54, 1.807) is 0 Å². The van der Waals surface area contributed by atoms with Crippen LogP contribution in [0.25, 0.3) is 11.0 Å². The summed E-state index contributed by atoms with van der Waals surface area (Å²) in [7, 11) is 0. The molecule has 1 heterocycles. The predicted octanol–water partition coefficient (Wildman–Crippen LogP) is 4.42. The van der Waals surface area contributed by atoms with E-state index in [0.29, 0.717) is 18.1 Å². The van der Waals surface area contributed by atoms with Crippen LogP contribution in [0, 0.1) is 5.41 Å². The molecule has 0 amide bonds. The van der Waals surface area contributed by atoms with E-state index in [9.17, 15) is 0 Å². The quantitative estimate of drug-likeness (QED) is 0.905. The average Bonchev–Trinajstić information content (AvgIpc) is 2.90. The van der Waals surface area contributed by atoms with Gasteiger partial charge in [-0.05, 0) is 43.2 Å². The molecule has 21 heavy (non-hydrogen) atoms. The smallest absolute Gasteiger partial charge is 0.134 e. The molecule has 0 bridgehead atoms. The number of hydrogen-bond donors (Lipinski definition) is 1. The maximum Gasteiger partial charge on any atom is 0.134 e. The average molecular weight is 287 g/mol. The van der Waals surface area contributed by atoms with Crippen LogP contribution in [0.4, 0.5) is 0 Å². The van der Waals surface area contributed by atoms with Crippen LogP contribution in [0.15, 0.2) is 34.7 Å². The number of benzene rings is 1. The van der Waals surface area contributed by atoms with Crippen molar-refractivity contribution in [2.24, 2.45) is 11.1 Å². The van der Waals surface area contributed by atoms with E-state index in [-0.39, 0.29) is 6.04 Å². The Bertz CT molecular complexity index is 559. The predicted molar refractivity (Wildman–Crippen MR) is 85.1 cm³/mol. The molecule has 1 atom stereocenters. The molecule has 0 aliphatic heterocycles. The second-order valence-corrected chi connectivity index (χ2v) is 6.99. The number of furan rings is 1. The highest BCUT2D eigenvalue weighted by Crippen LogP contribution is 2.36. The summed E-state index contributed by atoms with van der Waals surface area (Å²) in [5.41, 5.74) is 7.57. The maximum atomic E-state index is 6.21. The lowest BCUT2D eigenvalue weighted by Crippen LogP contribution is -2.29. The lowest BCUT2D eigenvalue weighted by molar-refractivity contribution is -0.00358. The highest BCUT2D eigenvalue weighted by atomic mass is 16.5. The molecule has 1 unspecified atom stereocenters. The highest BCUT2D eigenvalue weighted by molar-refractivity contribution is 5.77. The molecule has 2 aromatic rings. The van der Waals surface area contributed by atoms with Gasteiger partial charge in [0.2, 0.25) is 0 Å². The third-order valence-corrected chi connectivity index (χ3v) is 4.61. The second kappa shape index (κ2) is 5.82. The lowest BCUT2D eigenvalue weighted by atomic mass is 9.76. The lowest BCUT2D eigenvalue weighted by Gasteiger charge is -2.34. The number of ether oxygens (including phenoxy) is 1. The van der Waals surface area contributed by atoms with Gasteiger partial charge in [0.1, 0.15) is 11.3 Å². The van der Waals surface area contributed by atoms with Crippen LogP contribution in [0.5, 0.6) is 0 Å². The topological polar surface area (TPSA) is 48.4 Å². The van der Waals surface area contributed by atoms with E-state index < -0.39 is 0 Å². The van der Waals surface area contributed by atoms with E-state index in [1.165, 1.54) is 12.8 Å². The molecular weight excluding hydrogens is 262 g/mol. The van der Waals surface area contributed by atoms with Crippen molar-refractivity contribution in [3.8, 4) is 0 Å². The van der Waals surface area contributed by atoms with Crippen molar-refractivity contribution in [2.75, 3.05) is 6.61 Å². The summed E-state index contributed by atoms with van der Waals surface area (Å²) in [6.07, 6.45) is 5.10. The van der Waals surface area contributed by atoms with Gasteiger partial charge in [0.05, 0.1) is 18.8 Å². The zero-order valence-electron chi connectivity index (χ0n) is 13.0. The van der Waals surface area contributed by atoms with Gasteiger partial charge in [0.15, 0.2) is 0 Å². The molecule has 3 nitrogen and oxygen atoms in total. The van der Waals surface area contributed by atoms with E-state index in [4.69, 9.17) is 14.9 Å². The van der Waals surface area contributed by atoms with Crippen LogP contribution in [0.1, 0.15) is 51.3 Å². The molecule has 114 valence electrons. The van der Waals surface area contributed by atoms with E-state index in [0.717, 1.165) is 29.6 Å². The van der Waals surface area contributed by atoms with Gasteiger partial charge in [0.25, 0.3) is 0 Å². The molecule has 0 saturated heterocycles. The summed E-state index contributed by atoms with van der Waals surface area (Å²) < 4.78 is 11.8. The largest absolute Gasteiger partial charge is 0.459 e. The molecule has 1 fully saturated rings. The maximum absolute atomic E-state index is 6.21. The van der Waals surface area contributed by atoms with Crippen molar-refractivity contribution in [3.63, 3.8) is 0 Å². The summed E-state index contributed by atoms with van der Waals surface area (Å²) in [6.45, 7) is 5.21. The normalized spacial score (nSPS) is 20.7. The van der Waals surface area contributed by atoms with Gasteiger partial charge in [0, 0.05) is 5.39 Å². The third kappa shape index (κ3) is 3.47. The molecule has 1 saturated carbocycles. The molecule has 2 N–H and O–H groups in total. The molecule has 1 aliphatic rings. The van der Waals surface area contributed by atoms with Crippen molar-refractivity contribution >= 4 is 11.0 Å². The number of nitrogens with two attached hydrogens (primary N) is 1. The van der Waals surface area contributed by atoms with Crippen molar-refractivity contribution in [2.45, 2.75) is 51.7 Å². The number of rotatable bonds is 4. The fourth-order valence-electron chi connectivity index (χ4n) is 3.05. The Kier molecular flexibility index (Phi) is 4.05. The molecule has 0 spiro atoms. The third-order valence-electron chi connectivity index (χ3n) is 4.61. The first-order valence-electron chi connectivity index (χ1n) is 7.89. The molecule has 1 aromatic carbocycles. The number of para-hydroxylation sites is 1. The van der Waals surface area contributed by atoms with Gasteiger partial charge in [-0.15, -0.1) is 0 Å². The monoisotopic (exact) mass is 287 g/mol. The Balaban J connectivity index is 1.55. The molecule has 0 radical (unpaired) electrons. The minimum Gasteiger partial charge on any atom is -0.459 e. The van der Waals surface area contributed by atoms with E-state index in [1.807, 2.05) is 30.3 Å². The summed E-state index contributed by atoms with van der Waals surface area (Å²) in [6, 6.07) is 9.82. The van der Waals surface area contributed by atoms with Gasteiger partial charge >= 0.3 is 0 Å². The van der Waals surface area contributed by atoms with E-state index >= 15 is 0 Å². The Hall–Kier alpha value is -1.32. The van der Waals surface area contributed by atoms with Crippen LogP contribution in [0.2, 0.25) is 0 Å². The van der Waals surface area contributed by atoms with Crippen molar-refractivity contribution in [3.05, 3.63) is 36.1 Å². The van der Waals surface area contributed by atoms with Crippen LogP contribution < -0.4 is 5.73 Å². The first-order chi connectivity index (χ1) is 10.0. The summed E-state index contributed by atoms with van der Waals surface area (Å²) in [5, 5.41) is 1.10. The van der Waals surface area contributed by atoms with Gasteiger partial charge in [-0.3, -0.25) is 0 Å². The van der Waals surface area contributed by atoms with Crippen LogP contribution in [-0.2, 0) is 4.74 Å². The highest BCUT2D eigenvalue weighted by Gasteiger charge is 2.27. The molecule has 1 aliphatic carbocycles. The van der Waals surface area contributed by atoms with Crippen molar-refractivity contribution in [1.29, 1.82) is 0 Å². The molecule has 1 aromatic heterocycles. The first kappa shape index (κ1) is 14.6. The molecule has 3 rings (SSSR count). The van der Waals surface area contributed by atoms with Gasteiger partial charge in [-0.2, -0.15) is 0 Å². The summed E-state index contributed by atoms with van der Waals surface area (Å²) >= 11 is 0. The van der Waals surface area contributed by atoms with E-state index in [2.05, 4.69) is 13.8 Å². The Labute approximate surface area is 126 Å². The zero-order chi connectivity index (χ0) is 14.9. The fourth-order valence-corrected chi connectivity index (χ4v) is 3.05. The minimum absolute atomic E-state index is 0.188. The molecular formula is C18H25NO2. The number of fused-ring (bicyclic) bond motifs is 1. The summed E-state index contributed by atoms with van der Waals surface area (Å²) in [4.78, 5) is 0. The SMILES string of the molecule is CC1(C)CCC(OCC(N)c2cc3ccccc3o2)CC1. The van der Waals surface area contributed by atoms with Crippen LogP contribution >= 0.6 is 0 Å². The minimum atomic E-state index is -0.188. The fraction of sp³-hybridized carbons (Fsp3) is 0.556. The standard InChI is InChI=1S/C18H25NO2/c1-18(2)9-7-14(8-10-18)20-12-15(19)17-11-13-5-3-4-6-16(13)21-17/h3-6,11,14-15H,7-10,12,19H2,1-2H3. The molecule has 3 heteroatoms. The van der Waals surface area contributed by atoms with Crippen LogP contribution in [0.3, 0.4) is 0 Å². The van der Waals surface area contributed by atoms with Crippen LogP contribution in [-0.4, -0.2) is 12.7 Å². The van der Waals surface area contributed by atoms with Crippen molar-refractivity contribution in [1.82, 2.24) is 0 Å². The first-order valence-corrected chi connectivity index (χ1v) is 7.89. The Morgan fingerprint density at radius 2 is 2.00 bits per heavy atom. The Morgan fingerprint density at radius 1 is 1.29 bits per heavy atom. The van der Waals surface area contributed by atoms with Crippen molar-refractivity contribution < 1.29 is 9.15 Å². The summed E-state index contributed by atoms with van der Waals surface area (Å²) in [5.74, 6) is 0.812. The van der Waals surface area contributed by atoms with Gasteiger partial charge < -0.3 is 14.9 Å². The Morgan fingerprint density at radius 3 is 2.71 bits per heavy atom. The van der Waals surface area contributed by atoms with Gasteiger partial charge in [-0.1, -0.05) is 32.0 Å². The van der Waals surface area contributed by atoms with Gasteiger partial charge in [-0.25, -0.2) is 0 Å².